The second-order valence-electron chi connectivity index (χ2n) is 6.97. The van der Waals surface area contributed by atoms with Gasteiger partial charge in [0.05, 0.1) is 5.75 Å². The molecule has 1 saturated carbocycles. The minimum atomic E-state index is 0.0369. The summed E-state index contributed by atoms with van der Waals surface area (Å²) >= 11 is 1.29. The molecule has 1 heterocycles. The van der Waals surface area contributed by atoms with Crippen molar-refractivity contribution in [1.29, 1.82) is 0 Å². The van der Waals surface area contributed by atoms with Gasteiger partial charge in [0.1, 0.15) is 0 Å². The quantitative estimate of drug-likeness (QED) is 0.813. The van der Waals surface area contributed by atoms with Gasteiger partial charge in [-0.05, 0) is 44.7 Å². The van der Waals surface area contributed by atoms with E-state index in [1.165, 1.54) is 31.0 Å². The van der Waals surface area contributed by atoms with Crippen molar-refractivity contribution in [1.82, 2.24) is 15.5 Å². The fraction of sp³-hybridized carbons (Fsp3) is 0.526. The zero-order chi connectivity index (χ0) is 17.8. The summed E-state index contributed by atoms with van der Waals surface area (Å²) in [7, 11) is 0. The van der Waals surface area contributed by atoms with Crippen molar-refractivity contribution < 1.29 is 9.21 Å². The van der Waals surface area contributed by atoms with Gasteiger partial charge in [-0.15, -0.1) is 10.2 Å². The molecule has 2 atom stereocenters. The van der Waals surface area contributed by atoms with E-state index in [4.69, 9.17) is 4.42 Å². The van der Waals surface area contributed by atoms with Crippen molar-refractivity contribution in [2.75, 3.05) is 5.75 Å². The predicted molar refractivity (Wildman–Crippen MR) is 99.5 cm³/mol. The summed E-state index contributed by atoms with van der Waals surface area (Å²) in [4.78, 5) is 12.2. The predicted octanol–water partition coefficient (Wildman–Crippen LogP) is 4.14. The smallest absolute Gasteiger partial charge is 0.277 e. The number of hydrogen-bond acceptors (Lipinski definition) is 5. The Balaban J connectivity index is 1.55. The molecular weight excluding hydrogens is 334 g/mol. The highest BCUT2D eigenvalue weighted by Crippen LogP contribution is 2.26. The van der Waals surface area contributed by atoms with Crippen LogP contribution >= 0.6 is 11.8 Å². The van der Waals surface area contributed by atoms with Crippen LogP contribution in [0.3, 0.4) is 0 Å². The third-order valence-electron chi connectivity index (χ3n) is 4.66. The van der Waals surface area contributed by atoms with Gasteiger partial charge in [-0.2, -0.15) is 0 Å². The maximum atomic E-state index is 12.2. The average Bonchev–Trinajstić information content (AvgIpc) is 3.03. The monoisotopic (exact) mass is 359 g/mol. The molecule has 5 nitrogen and oxygen atoms in total. The fourth-order valence-electron chi connectivity index (χ4n) is 3.39. The Morgan fingerprint density at radius 1 is 1.20 bits per heavy atom. The number of benzene rings is 1. The molecule has 25 heavy (non-hydrogen) atoms. The Morgan fingerprint density at radius 2 is 1.92 bits per heavy atom. The van der Waals surface area contributed by atoms with Crippen molar-refractivity contribution in [3.8, 4) is 11.5 Å². The number of thioether (sulfide) groups is 1. The van der Waals surface area contributed by atoms with Gasteiger partial charge in [-0.1, -0.05) is 48.7 Å². The summed E-state index contributed by atoms with van der Waals surface area (Å²) in [6.07, 6.45) is 4.74. The van der Waals surface area contributed by atoms with Crippen molar-refractivity contribution >= 4 is 17.7 Å². The van der Waals surface area contributed by atoms with Gasteiger partial charge in [0, 0.05) is 11.6 Å². The van der Waals surface area contributed by atoms with Gasteiger partial charge in [0.2, 0.25) is 11.8 Å². The summed E-state index contributed by atoms with van der Waals surface area (Å²) < 4.78 is 5.70. The van der Waals surface area contributed by atoms with E-state index in [0.29, 0.717) is 28.8 Å². The molecule has 0 saturated heterocycles. The number of carbonyl (C=O) groups is 1. The maximum Gasteiger partial charge on any atom is 0.277 e. The average molecular weight is 359 g/mol. The van der Waals surface area contributed by atoms with Crippen LogP contribution in [0.2, 0.25) is 0 Å². The Bertz CT molecular complexity index is 724. The molecule has 1 aliphatic rings. The Morgan fingerprint density at radius 3 is 2.64 bits per heavy atom. The SMILES string of the molecule is Cc1cc(C)cc(-c2nnc(SCC(=O)N[C@H]3CCCC[C@H]3C)o2)c1. The summed E-state index contributed by atoms with van der Waals surface area (Å²) in [6.45, 7) is 6.30. The normalized spacial score (nSPS) is 20.4. The van der Waals surface area contributed by atoms with E-state index in [9.17, 15) is 4.79 Å². The molecule has 2 aromatic rings. The van der Waals surface area contributed by atoms with Gasteiger partial charge in [-0.3, -0.25) is 4.79 Å². The van der Waals surface area contributed by atoms with Crippen molar-refractivity contribution in [2.24, 2.45) is 5.92 Å². The van der Waals surface area contributed by atoms with Crippen molar-refractivity contribution in [3.05, 3.63) is 29.3 Å². The van der Waals surface area contributed by atoms with Crippen LogP contribution in [-0.4, -0.2) is 27.9 Å². The van der Waals surface area contributed by atoms with E-state index in [0.717, 1.165) is 23.1 Å². The number of aryl methyl sites for hydroxylation is 2. The minimum Gasteiger partial charge on any atom is -0.411 e. The number of carbonyl (C=O) groups excluding carboxylic acids is 1. The molecule has 0 spiro atoms. The Hall–Kier alpha value is -1.82. The van der Waals surface area contributed by atoms with Gasteiger partial charge in [-0.25, -0.2) is 0 Å². The second kappa shape index (κ2) is 8.04. The van der Waals surface area contributed by atoms with Crippen LogP contribution < -0.4 is 5.32 Å². The van der Waals surface area contributed by atoms with Gasteiger partial charge in [0.25, 0.3) is 5.22 Å². The van der Waals surface area contributed by atoms with Crippen LogP contribution in [0.25, 0.3) is 11.5 Å². The number of hydrogen-bond donors (Lipinski definition) is 1. The van der Waals surface area contributed by atoms with Crippen LogP contribution in [0, 0.1) is 19.8 Å². The summed E-state index contributed by atoms with van der Waals surface area (Å²) in [6, 6.07) is 6.44. The van der Waals surface area contributed by atoms with Gasteiger partial charge < -0.3 is 9.73 Å². The first kappa shape index (κ1) is 18.0. The first-order valence-corrected chi connectivity index (χ1v) is 9.84. The van der Waals surface area contributed by atoms with Crippen molar-refractivity contribution in [3.63, 3.8) is 0 Å². The first-order chi connectivity index (χ1) is 12.0. The lowest BCUT2D eigenvalue weighted by molar-refractivity contribution is -0.119. The molecule has 1 aromatic heterocycles. The standard InChI is InChI=1S/C19H25N3O2S/c1-12-8-13(2)10-15(9-12)18-21-22-19(24-18)25-11-17(23)20-16-7-5-4-6-14(16)3/h8-10,14,16H,4-7,11H2,1-3H3,(H,20,23)/t14-,16+/m1/s1. The Kier molecular flexibility index (Phi) is 5.78. The summed E-state index contributed by atoms with van der Waals surface area (Å²) in [5, 5.41) is 11.7. The lowest BCUT2D eigenvalue weighted by atomic mass is 9.86. The Labute approximate surface area is 153 Å². The zero-order valence-electron chi connectivity index (χ0n) is 15.0. The van der Waals surface area contributed by atoms with E-state index in [-0.39, 0.29) is 5.91 Å². The number of amides is 1. The van der Waals surface area contributed by atoms with E-state index >= 15 is 0 Å². The number of nitrogens with one attached hydrogen (secondary N) is 1. The molecule has 1 amide bonds. The molecular formula is C19H25N3O2S. The van der Waals surface area contributed by atoms with Gasteiger partial charge in [0.15, 0.2) is 0 Å². The van der Waals surface area contributed by atoms with Crippen LogP contribution in [0.1, 0.15) is 43.7 Å². The third kappa shape index (κ3) is 4.84. The van der Waals surface area contributed by atoms with Gasteiger partial charge >= 0.3 is 0 Å². The topological polar surface area (TPSA) is 68.0 Å². The van der Waals surface area contributed by atoms with E-state index in [1.807, 2.05) is 26.0 Å². The van der Waals surface area contributed by atoms with E-state index in [1.54, 1.807) is 0 Å². The molecule has 1 fully saturated rings. The zero-order valence-corrected chi connectivity index (χ0v) is 15.9. The lowest BCUT2D eigenvalue weighted by Crippen LogP contribution is -2.41. The summed E-state index contributed by atoms with van der Waals surface area (Å²) in [5.74, 6) is 1.39. The van der Waals surface area contributed by atoms with E-state index < -0.39 is 0 Å². The number of aromatic nitrogens is 2. The van der Waals surface area contributed by atoms with Crippen LogP contribution in [0.5, 0.6) is 0 Å². The summed E-state index contributed by atoms with van der Waals surface area (Å²) in [5.41, 5.74) is 3.23. The molecule has 1 aromatic carbocycles. The first-order valence-electron chi connectivity index (χ1n) is 8.85. The molecule has 6 heteroatoms. The van der Waals surface area contributed by atoms with Crippen LogP contribution in [0.15, 0.2) is 27.8 Å². The molecule has 134 valence electrons. The number of nitrogens with zero attached hydrogens (tertiary/aromatic N) is 2. The highest BCUT2D eigenvalue weighted by Gasteiger charge is 2.23. The molecule has 3 rings (SSSR count). The highest BCUT2D eigenvalue weighted by atomic mass is 32.2. The second-order valence-corrected chi connectivity index (χ2v) is 7.90. The molecule has 0 unspecified atom stereocenters. The molecule has 0 radical (unpaired) electrons. The fourth-order valence-corrected chi connectivity index (χ4v) is 3.96. The molecule has 0 bridgehead atoms. The van der Waals surface area contributed by atoms with Crippen LogP contribution in [-0.2, 0) is 4.79 Å². The lowest BCUT2D eigenvalue weighted by Gasteiger charge is -2.29. The van der Waals surface area contributed by atoms with E-state index in [2.05, 4.69) is 28.5 Å². The van der Waals surface area contributed by atoms with Crippen LogP contribution in [0.4, 0.5) is 0 Å². The largest absolute Gasteiger partial charge is 0.411 e. The number of rotatable bonds is 5. The minimum absolute atomic E-state index is 0.0369. The third-order valence-corrected chi connectivity index (χ3v) is 5.48. The molecule has 1 N–H and O–H groups in total. The molecule has 0 aliphatic heterocycles. The molecule has 1 aliphatic carbocycles. The van der Waals surface area contributed by atoms with Crippen molar-refractivity contribution in [2.45, 2.75) is 57.7 Å². The highest BCUT2D eigenvalue weighted by molar-refractivity contribution is 7.99. The maximum absolute atomic E-state index is 12.2.